The van der Waals surface area contributed by atoms with E-state index >= 15 is 0 Å². The van der Waals surface area contributed by atoms with Crippen LogP contribution in [0, 0.1) is 10.8 Å². The molecule has 2 aliphatic heterocycles. The molecule has 2 aromatic rings. The van der Waals surface area contributed by atoms with Crippen molar-refractivity contribution in [2.24, 2.45) is 10.8 Å². The summed E-state index contributed by atoms with van der Waals surface area (Å²) in [4.78, 5) is 46.8. The van der Waals surface area contributed by atoms with Gasteiger partial charge in [-0.2, -0.15) is 0 Å². The Kier molecular flexibility index (Phi) is 12.7. The van der Waals surface area contributed by atoms with Gasteiger partial charge >= 0.3 is 5.97 Å². The van der Waals surface area contributed by atoms with Gasteiger partial charge in [0.05, 0.1) is 27.6 Å². The summed E-state index contributed by atoms with van der Waals surface area (Å²) in [6, 6.07) is 9.61. The van der Waals surface area contributed by atoms with Gasteiger partial charge in [-0.25, -0.2) is 0 Å². The number of aliphatic hydroxyl groups excluding tert-OH is 1. The summed E-state index contributed by atoms with van der Waals surface area (Å²) in [5, 5.41) is 16.9. The summed E-state index contributed by atoms with van der Waals surface area (Å²) in [5.41, 5.74) is -1.36. The third-order valence-electron chi connectivity index (χ3n) is 6.72. The number of carbonyl (C=O) groups excluding carboxylic acids is 4. The first-order valence-electron chi connectivity index (χ1n) is 14.4. The Hall–Kier alpha value is -2.75. The van der Waals surface area contributed by atoms with Crippen LogP contribution in [0.2, 0.25) is 20.1 Å². The van der Waals surface area contributed by atoms with Gasteiger partial charge in [-0.15, -0.1) is 0 Å². The number of aliphatic hydroxyl groups is 1. The van der Waals surface area contributed by atoms with Crippen molar-refractivity contribution in [1.29, 1.82) is 0 Å². The summed E-state index contributed by atoms with van der Waals surface area (Å²) in [5.74, 6) is -0.890. The molecule has 2 heterocycles. The third-order valence-corrected chi connectivity index (χ3v) is 8.42. The Labute approximate surface area is 300 Å². The number of halogens is 5. The normalized spacial score (nSPS) is 16.8. The predicted molar refractivity (Wildman–Crippen MR) is 190 cm³/mol. The van der Waals surface area contributed by atoms with Gasteiger partial charge in [-0.3, -0.25) is 19.2 Å². The molecule has 47 heavy (non-hydrogen) atoms. The van der Waals surface area contributed by atoms with Crippen molar-refractivity contribution in [2.75, 3.05) is 0 Å². The molecule has 2 aromatic carbocycles. The zero-order chi connectivity index (χ0) is 36.4. The molecule has 0 atom stereocenters. The highest BCUT2D eigenvalue weighted by Crippen LogP contribution is 2.39. The van der Waals surface area contributed by atoms with Crippen molar-refractivity contribution in [3.63, 3.8) is 0 Å². The minimum absolute atomic E-state index is 0.0216. The van der Waals surface area contributed by atoms with Crippen LogP contribution in [0.15, 0.2) is 47.9 Å². The van der Waals surface area contributed by atoms with Gasteiger partial charge in [-0.1, -0.05) is 67.2 Å². The van der Waals surface area contributed by atoms with Crippen LogP contribution in [-0.2, 0) is 23.9 Å². The second-order valence-electron chi connectivity index (χ2n) is 14.0. The maximum atomic E-state index is 12.4. The number of esters is 1. The lowest BCUT2D eigenvalue weighted by Gasteiger charge is -2.25. The largest absolute Gasteiger partial charge is 0.509 e. The van der Waals surface area contributed by atoms with Gasteiger partial charge in [0, 0.05) is 36.6 Å². The Bertz CT molecular complexity index is 1660. The van der Waals surface area contributed by atoms with Crippen LogP contribution in [-0.4, -0.2) is 39.2 Å². The Morgan fingerprint density at radius 3 is 1.45 bits per heavy atom. The molecule has 8 nitrogen and oxygen atoms in total. The van der Waals surface area contributed by atoms with Gasteiger partial charge in [0.25, 0.3) is 11.8 Å². The van der Waals surface area contributed by atoms with Gasteiger partial charge in [0.2, 0.25) is 5.24 Å². The fourth-order valence-electron chi connectivity index (χ4n) is 3.94. The van der Waals surface area contributed by atoms with E-state index in [1.54, 1.807) is 106 Å². The fourth-order valence-corrected chi connectivity index (χ4v) is 4.71. The van der Waals surface area contributed by atoms with Crippen LogP contribution in [0.3, 0.4) is 0 Å². The van der Waals surface area contributed by atoms with E-state index in [9.17, 15) is 24.3 Å². The number of nitrogens with one attached hydrogen (secondary N) is 2. The SMILES string of the molecule is CC(C)(C)C(=O)Cl.CC(C)(C)C(=O)OC1=C(c2cc(Cl)ccc2Cl)C(=O)NC1(C)C.CC1(C)NC(=O)C(c2cc(Cl)ccc2Cl)=C1O. The van der Waals surface area contributed by atoms with Crippen molar-refractivity contribution < 1.29 is 29.0 Å². The first-order valence-corrected chi connectivity index (χ1v) is 16.3. The van der Waals surface area contributed by atoms with Crippen LogP contribution in [0.5, 0.6) is 0 Å². The van der Waals surface area contributed by atoms with Gasteiger partial charge < -0.3 is 20.5 Å². The zero-order valence-electron chi connectivity index (χ0n) is 27.8. The Balaban J connectivity index is 0.000000280. The van der Waals surface area contributed by atoms with E-state index in [4.69, 9.17) is 62.7 Å². The molecule has 0 aliphatic carbocycles. The molecule has 0 unspecified atom stereocenters. The number of benzene rings is 2. The van der Waals surface area contributed by atoms with Gasteiger partial charge in [0.15, 0.2) is 0 Å². The number of amides is 2. The molecule has 2 aliphatic rings. The van der Waals surface area contributed by atoms with Crippen LogP contribution >= 0.6 is 58.0 Å². The average molecular weight is 749 g/mol. The minimum atomic E-state index is -0.820. The van der Waals surface area contributed by atoms with Crippen LogP contribution in [0.25, 0.3) is 11.1 Å². The molecule has 0 aromatic heterocycles. The zero-order valence-corrected chi connectivity index (χ0v) is 31.6. The van der Waals surface area contributed by atoms with E-state index in [-0.39, 0.29) is 45.1 Å². The minimum Gasteiger partial charge on any atom is -0.509 e. The number of hydrogen-bond acceptors (Lipinski definition) is 6. The quantitative estimate of drug-likeness (QED) is 0.213. The first-order chi connectivity index (χ1) is 21.2. The molecule has 13 heteroatoms. The van der Waals surface area contributed by atoms with E-state index in [1.807, 2.05) is 0 Å². The lowest BCUT2D eigenvalue weighted by atomic mass is 9.96. The molecular weight excluding hydrogens is 710 g/mol. The monoisotopic (exact) mass is 746 g/mol. The first kappa shape index (κ1) is 40.4. The van der Waals surface area contributed by atoms with E-state index in [2.05, 4.69) is 10.6 Å². The molecule has 0 spiro atoms. The molecule has 0 radical (unpaired) electrons. The molecule has 0 saturated carbocycles. The second-order valence-corrected chi connectivity index (χ2v) is 16.0. The highest BCUT2D eigenvalue weighted by atomic mass is 35.5. The number of hydrogen-bond donors (Lipinski definition) is 3. The van der Waals surface area contributed by atoms with Crippen LogP contribution in [0.1, 0.15) is 80.4 Å². The van der Waals surface area contributed by atoms with Crippen LogP contribution < -0.4 is 10.6 Å². The summed E-state index contributed by atoms with van der Waals surface area (Å²) < 4.78 is 5.58. The van der Waals surface area contributed by atoms with Crippen molar-refractivity contribution in [1.82, 2.24) is 10.6 Å². The smallest absolute Gasteiger partial charge is 0.316 e. The highest BCUT2D eigenvalue weighted by Gasteiger charge is 2.43. The Morgan fingerprint density at radius 2 is 1.09 bits per heavy atom. The lowest BCUT2D eigenvalue weighted by Crippen LogP contribution is -2.40. The average Bonchev–Trinajstić information content (AvgIpc) is 3.26. The summed E-state index contributed by atoms with van der Waals surface area (Å²) >= 11 is 29.2. The van der Waals surface area contributed by atoms with E-state index < -0.39 is 22.5 Å². The number of ether oxygens (including phenoxy) is 1. The topological polar surface area (TPSA) is 122 Å². The predicted octanol–water partition coefficient (Wildman–Crippen LogP) is 9.17. The fraction of sp³-hybridized carbons (Fsp3) is 0.412. The van der Waals surface area contributed by atoms with Crippen molar-refractivity contribution >= 4 is 92.2 Å². The second kappa shape index (κ2) is 14.8. The number of rotatable bonds is 3. The van der Waals surface area contributed by atoms with Gasteiger partial charge in [-0.05, 0) is 96.5 Å². The molecule has 0 fully saturated rings. The molecule has 0 saturated heterocycles. The Morgan fingerprint density at radius 1 is 0.702 bits per heavy atom. The third kappa shape index (κ3) is 10.1. The highest BCUT2D eigenvalue weighted by molar-refractivity contribution is 6.64. The summed E-state index contributed by atoms with van der Waals surface area (Å²) in [6.45, 7) is 17.5. The summed E-state index contributed by atoms with van der Waals surface area (Å²) in [6.07, 6.45) is 0. The van der Waals surface area contributed by atoms with Crippen molar-refractivity contribution in [3.05, 3.63) is 79.1 Å². The molecule has 2 amide bonds. The molecule has 3 N–H and O–H groups in total. The molecule has 0 bridgehead atoms. The summed E-state index contributed by atoms with van der Waals surface area (Å²) in [7, 11) is 0. The van der Waals surface area contributed by atoms with E-state index in [1.165, 1.54) is 0 Å². The molecule has 4 rings (SSSR count). The maximum Gasteiger partial charge on any atom is 0.316 e. The van der Waals surface area contributed by atoms with E-state index in [0.29, 0.717) is 31.2 Å². The standard InChI is InChI=1S/C17H19Cl2NO3.C12H11Cl2NO2.C5H9ClO/c1-16(2,3)15(22)23-13-12(14(21)20-17(13,4)5)10-8-9(18)6-7-11(10)19;1-12(2)10(16)9(11(17)15-12)7-5-6(13)3-4-8(7)14;1-5(2,3)4(6)7/h6-8H,1-5H3,(H,20,21);3-5,16H,1-2H3,(H,15,17);1-3H3. The van der Waals surface area contributed by atoms with Crippen molar-refractivity contribution in [3.8, 4) is 0 Å². The number of carbonyl (C=O) groups is 4. The maximum absolute atomic E-state index is 12.4. The lowest BCUT2D eigenvalue weighted by molar-refractivity contribution is -0.149. The molecule has 256 valence electrons. The van der Waals surface area contributed by atoms with Crippen LogP contribution in [0.4, 0.5) is 0 Å². The molecular formula is C34H39Cl5N2O6. The van der Waals surface area contributed by atoms with Crippen molar-refractivity contribution in [2.45, 2.75) is 80.3 Å². The van der Waals surface area contributed by atoms with Gasteiger partial charge in [0.1, 0.15) is 11.5 Å². The van der Waals surface area contributed by atoms with E-state index in [0.717, 1.165) is 0 Å².